The highest BCUT2D eigenvalue weighted by molar-refractivity contribution is 6.30. The van der Waals surface area contributed by atoms with Crippen molar-refractivity contribution in [1.29, 1.82) is 0 Å². The first-order valence-corrected chi connectivity index (χ1v) is 8.67. The molecule has 1 unspecified atom stereocenters. The molecular formula is C19H20ClN3O2. The lowest BCUT2D eigenvalue weighted by molar-refractivity contribution is -0.139. The monoisotopic (exact) mass is 357 g/mol. The zero-order valence-electron chi connectivity index (χ0n) is 14.1. The number of carbonyl (C=O) groups is 2. The quantitative estimate of drug-likeness (QED) is 0.845. The van der Waals surface area contributed by atoms with Crippen LogP contribution >= 0.6 is 11.6 Å². The number of amides is 2. The van der Waals surface area contributed by atoms with Crippen LogP contribution in [0.25, 0.3) is 0 Å². The molecule has 0 spiro atoms. The van der Waals surface area contributed by atoms with Gasteiger partial charge in [0.1, 0.15) is 6.54 Å². The van der Waals surface area contributed by atoms with Gasteiger partial charge in [-0.15, -0.1) is 0 Å². The fourth-order valence-electron chi connectivity index (χ4n) is 3.00. The number of carbonyl (C=O) groups excluding carboxylic acids is 2. The van der Waals surface area contributed by atoms with E-state index in [1.54, 1.807) is 28.1 Å². The molecule has 1 aliphatic rings. The minimum atomic E-state index is -0.0912. The Morgan fingerprint density at radius 1 is 1.28 bits per heavy atom. The van der Waals surface area contributed by atoms with Crippen molar-refractivity contribution in [3.63, 3.8) is 0 Å². The van der Waals surface area contributed by atoms with Crippen LogP contribution in [0.3, 0.4) is 0 Å². The van der Waals surface area contributed by atoms with Crippen LogP contribution in [0.5, 0.6) is 0 Å². The number of hydrogen-bond donors (Lipinski definition) is 0. The Bertz CT molecular complexity index is 766. The topological polar surface area (TPSA) is 53.5 Å². The maximum Gasteiger partial charge on any atom is 0.246 e. The van der Waals surface area contributed by atoms with Gasteiger partial charge in [0.05, 0.1) is 0 Å². The molecule has 0 bridgehead atoms. The van der Waals surface area contributed by atoms with Crippen LogP contribution in [0.1, 0.15) is 19.0 Å². The Morgan fingerprint density at radius 3 is 2.84 bits per heavy atom. The van der Waals surface area contributed by atoms with Crippen molar-refractivity contribution in [2.45, 2.75) is 25.8 Å². The molecule has 2 aromatic rings. The maximum absolute atomic E-state index is 12.5. The number of anilines is 1. The minimum absolute atomic E-state index is 0.0164. The van der Waals surface area contributed by atoms with Crippen LogP contribution in [0.15, 0.2) is 48.7 Å². The number of benzene rings is 1. The first kappa shape index (κ1) is 17.4. The van der Waals surface area contributed by atoms with E-state index in [0.717, 1.165) is 11.4 Å². The molecule has 1 aromatic carbocycles. The molecule has 6 heteroatoms. The molecule has 1 atom stereocenters. The summed E-state index contributed by atoms with van der Waals surface area (Å²) >= 11 is 6.02. The minimum Gasteiger partial charge on any atom is -0.329 e. The Balaban J connectivity index is 1.63. The van der Waals surface area contributed by atoms with E-state index in [9.17, 15) is 9.59 Å². The highest BCUT2D eigenvalue weighted by Gasteiger charge is 2.32. The third kappa shape index (κ3) is 4.17. The standard InChI is InChI=1S/C19H20ClN3O2/c1-14-12-23(17-7-4-5-15(20)11-17)19(25)13-22(14)18(24)9-8-16-6-2-3-10-21-16/h2-7,10-11,14H,8-9,12-13H2,1H3. The van der Waals surface area contributed by atoms with Crippen LogP contribution in [-0.2, 0) is 16.0 Å². The van der Waals surface area contributed by atoms with Crippen LogP contribution in [0.2, 0.25) is 5.02 Å². The van der Waals surface area contributed by atoms with E-state index >= 15 is 0 Å². The Labute approximate surface area is 152 Å². The van der Waals surface area contributed by atoms with Crippen molar-refractivity contribution in [2.75, 3.05) is 18.0 Å². The SMILES string of the molecule is CC1CN(c2cccc(Cl)c2)C(=O)CN1C(=O)CCc1ccccn1. The summed E-state index contributed by atoms with van der Waals surface area (Å²) in [4.78, 5) is 32.6. The lowest BCUT2D eigenvalue weighted by Crippen LogP contribution is -2.57. The summed E-state index contributed by atoms with van der Waals surface area (Å²) in [6.07, 6.45) is 2.65. The Kier molecular flexibility index (Phi) is 5.34. The van der Waals surface area contributed by atoms with Crippen LogP contribution in [-0.4, -0.2) is 40.8 Å². The van der Waals surface area contributed by atoms with Gasteiger partial charge in [-0.05, 0) is 43.7 Å². The number of piperazine rings is 1. The largest absolute Gasteiger partial charge is 0.329 e. The number of aryl methyl sites for hydroxylation is 1. The van der Waals surface area contributed by atoms with E-state index in [2.05, 4.69) is 4.98 Å². The average molecular weight is 358 g/mol. The van der Waals surface area contributed by atoms with E-state index in [-0.39, 0.29) is 24.4 Å². The number of nitrogens with zero attached hydrogens (tertiary/aromatic N) is 3. The highest BCUT2D eigenvalue weighted by atomic mass is 35.5. The first-order chi connectivity index (χ1) is 12.0. The average Bonchev–Trinajstić information content (AvgIpc) is 2.62. The lowest BCUT2D eigenvalue weighted by Gasteiger charge is -2.39. The number of rotatable bonds is 4. The summed E-state index contributed by atoms with van der Waals surface area (Å²) in [7, 11) is 0. The maximum atomic E-state index is 12.5. The van der Waals surface area contributed by atoms with Crippen molar-refractivity contribution in [3.8, 4) is 0 Å². The van der Waals surface area contributed by atoms with Crippen LogP contribution < -0.4 is 4.90 Å². The van der Waals surface area contributed by atoms with Gasteiger partial charge < -0.3 is 9.80 Å². The van der Waals surface area contributed by atoms with Crippen molar-refractivity contribution in [1.82, 2.24) is 9.88 Å². The zero-order valence-corrected chi connectivity index (χ0v) is 14.8. The van der Waals surface area contributed by atoms with Crippen LogP contribution in [0.4, 0.5) is 5.69 Å². The van der Waals surface area contributed by atoms with Gasteiger partial charge in [0.2, 0.25) is 11.8 Å². The van der Waals surface area contributed by atoms with Crippen molar-refractivity contribution >= 4 is 29.1 Å². The molecule has 0 N–H and O–H groups in total. The van der Waals surface area contributed by atoms with E-state index in [0.29, 0.717) is 24.4 Å². The fourth-order valence-corrected chi connectivity index (χ4v) is 3.19. The van der Waals surface area contributed by atoms with Gasteiger partial charge in [0.25, 0.3) is 0 Å². The van der Waals surface area contributed by atoms with E-state index in [1.807, 2.05) is 37.3 Å². The van der Waals surface area contributed by atoms with Crippen molar-refractivity contribution in [2.24, 2.45) is 0 Å². The predicted octanol–water partition coefficient (Wildman–Crippen LogP) is 2.93. The number of halogens is 1. The van der Waals surface area contributed by atoms with Gasteiger partial charge in [-0.3, -0.25) is 14.6 Å². The van der Waals surface area contributed by atoms with Gasteiger partial charge in [-0.25, -0.2) is 0 Å². The number of pyridine rings is 1. The molecule has 2 heterocycles. The summed E-state index contributed by atoms with van der Waals surface area (Å²) < 4.78 is 0. The highest BCUT2D eigenvalue weighted by Crippen LogP contribution is 2.23. The normalized spacial score (nSPS) is 17.7. The van der Waals surface area contributed by atoms with Crippen molar-refractivity contribution in [3.05, 3.63) is 59.4 Å². The molecule has 25 heavy (non-hydrogen) atoms. The third-order valence-corrected chi connectivity index (χ3v) is 4.58. The molecule has 1 aromatic heterocycles. The second-order valence-corrected chi connectivity index (χ2v) is 6.61. The predicted molar refractivity (Wildman–Crippen MR) is 97.5 cm³/mol. The lowest BCUT2D eigenvalue weighted by atomic mass is 10.1. The molecule has 5 nitrogen and oxygen atoms in total. The number of aromatic nitrogens is 1. The van der Waals surface area contributed by atoms with Gasteiger partial charge in [0, 0.05) is 41.6 Å². The smallest absolute Gasteiger partial charge is 0.246 e. The molecule has 1 saturated heterocycles. The summed E-state index contributed by atoms with van der Waals surface area (Å²) in [5.41, 5.74) is 1.65. The molecule has 130 valence electrons. The molecule has 1 fully saturated rings. The summed E-state index contributed by atoms with van der Waals surface area (Å²) in [5, 5.41) is 0.590. The first-order valence-electron chi connectivity index (χ1n) is 8.30. The zero-order chi connectivity index (χ0) is 17.8. The molecular weight excluding hydrogens is 338 g/mol. The van der Waals surface area contributed by atoms with E-state index < -0.39 is 0 Å². The summed E-state index contributed by atoms with van der Waals surface area (Å²) in [5.74, 6) is -0.108. The third-order valence-electron chi connectivity index (χ3n) is 4.35. The van der Waals surface area contributed by atoms with Crippen molar-refractivity contribution < 1.29 is 9.59 Å². The molecule has 0 aliphatic carbocycles. The second-order valence-electron chi connectivity index (χ2n) is 6.18. The Morgan fingerprint density at radius 2 is 2.12 bits per heavy atom. The molecule has 2 amide bonds. The Hall–Kier alpha value is -2.40. The van der Waals surface area contributed by atoms with Gasteiger partial charge in [0.15, 0.2) is 0 Å². The van der Waals surface area contributed by atoms with Gasteiger partial charge >= 0.3 is 0 Å². The summed E-state index contributed by atoms with van der Waals surface area (Å²) in [6.45, 7) is 2.52. The van der Waals surface area contributed by atoms with E-state index in [1.165, 1.54) is 0 Å². The molecule has 1 aliphatic heterocycles. The van der Waals surface area contributed by atoms with Crippen LogP contribution in [0, 0.1) is 0 Å². The van der Waals surface area contributed by atoms with Gasteiger partial charge in [-0.1, -0.05) is 23.7 Å². The molecule has 0 radical (unpaired) electrons. The molecule has 0 saturated carbocycles. The number of hydrogen-bond acceptors (Lipinski definition) is 3. The van der Waals surface area contributed by atoms with E-state index in [4.69, 9.17) is 11.6 Å². The second kappa shape index (κ2) is 7.66. The molecule has 3 rings (SSSR count). The fraction of sp³-hybridized carbons (Fsp3) is 0.316. The summed E-state index contributed by atoms with van der Waals surface area (Å²) in [6, 6.07) is 12.8. The van der Waals surface area contributed by atoms with Gasteiger partial charge in [-0.2, -0.15) is 0 Å².